The predicted molar refractivity (Wildman–Crippen MR) is 108 cm³/mol. The molecule has 0 radical (unpaired) electrons. The number of unbranched alkanes of at least 4 members (excludes halogenated alkanes) is 12. The summed E-state index contributed by atoms with van der Waals surface area (Å²) in [6.07, 6.45) is 17.3. The molecule has 3 nitrogen and oxygen atoms in total. The average Bonchev–Trinajstić information content (AvgIpc) is 2.63. The molecule has 0 saturated carbocycles. The molecular weight excluding hydrogens is 331 g/mol. The molecule has 1 aromatic rings. The second kappa shape index (κ2) is 16.8. The van der Waals surface area contributed by atoms with Gasteiger partial charge in [0.15, 0.2) is 0 Å². The normalized spacial score (nSPS) is 12.2. The minimum Gasteiger partial charge on any atom is -0.427 e. The highest BCUT2D eigenvalue weighted by Crippen LogP contribution is 2.34. The van der Waals surface area contributed by atoms with Crippen LogP contribution in [0, 0.1) is 0 Å². The summed E-state index contributed by atoms with van der Waals surface area (Å²) in [6.45, 7) is 2.85. The van der Waals surface area contributed by atoms with Gasteiger partial charge in [0.1, 0.15) is 5.75 Å². The van der Waals surface area contributed by atoms with Crippen molar-refractivity contribution in [1.29, 1.82) is 0 Å². The molecule has 1 rings (SSSR count). The number of benzene rings is 1. The summed E-state index contributed by atoms with van der Waals surface area (Å²) >= 11 is 0. The lowest BCUT2D eigenvalue weighted by Gasteiger charge is -2.11. The summed E-state index contributed by atoms with van der Waals surface area (Å²) in [5.74, 6) is 0.654. The van der Waals surface area contributed by atoms with Gasteiger partial charge in [-0.1, -0.05) is 102 Å². The monoisotopic (exact) mass is 368 g/mol. The van der Waals surface area contributed by atoms with E-state index in [1.54, 1.807) is 0 Å². The fraction of sp³-hybridized carbons (Fsp3) is 0.714. The van der Waals surface area contributed by atoms with Crippen molar-refractivity contribution in [2.24, 2.45) is 0 Å². The summed E-state index contributed by atoms with van der Waals surface area (Å²) in [5, 5.41) is 0. The first kappa shape index (κ1) is 22.4. The third-order valence-corrected chi connectivity index (χ3v) is 5.15. The van der Waals surface area contributed by atoms with Crippen molar-refractivity contribution in [2.75, 3.05) is 6.61 Å². The first-order valence-corrected chi connectivity index (χ1v) is 11.3. The van der Waals surface area contributed by atoms with Crippen LogP contribution in [0.5, 0.6) is 5.75 Å². The first-order chi connectivity index (χ1) is 12.3. The zero-order valence-corrected chi connectivity index (χ0v) is 16.9. The number of rotatable bonds is 17. The number of hydrogen-bond donors (Lipinski definition) is 1. The van der Waals surface area contributed by atoms with Crippen LogP contribution in [0.1, 0.15) is 90.4 Å². The van der Waals surface area contributed by atoms with E-state index in [0.717, 1.165) is 6.42 Å². The molecule has 0 aliphatic carbocycles. The smallest absolute Gasteiger partial charge is 0.394 e. The molecule has 1 unspecified atom stereocenters. The zero-order valence-electron chi connectivity index (χ0n) is 16.0. The van der Waals surface area contributed by atoms with Crippen LogP contribution < -0.4 is 4.52 Å². The van der Waals surface area contributed by atoms with Crippen molar-refractivity contribution in [3.8, 4) is 5.75 Å². The number of para-hydroxylation sites is 1. The van der Waals surface area contributed by atoms with Crippen molar-refractivity contribution in [3.05, 3.63) is 30.3 Å². The van der Waals surface area contributed by atoms with Crippen molar-refractivity contribution < 1.29 is 13.9 Å². The summed E-state index contributed by atoms with van der Waals surface area (Å²) < 4.78 is 10.7. The van der Waals surface area contributed by atoms with Crippen molar-refractivity contribution in [1.82, 2.24) is 0 Å². The Kier molecular flexibility index (Phi) is 15.1. The molecule has 0 fully saturated rings. The molecule has 25 heavy (non-hydrogen) atoms. The predicted octanol–water partition coefficient (Wildman–Crippen LogP) is 7.39. The van der Waals surface area contributed by atoms with E-state index in [0.29, 0.717) is 12.4 Å². The molecule has 0 amide bonds. The van der Waals surface area contributed by atoms with Crippen LogP contribution in [-0.4, -0.2) is 11.5 Å². The molecule has 0 aliphatic rings. The molecule has 1 atom stereocenters. The second-order valence-electron chi connectivity index (χ2n) is 6.72. The Morgan fingerprint density at radius 1 is 0.720 bits per heavy atom. The highest BCUT2D eigenvalue weighted by atomic mass is 31.2. The van der Waals surface area contributed by atoms with Gasteiger partial charge in [0.05, 0.1) is 6.61 Å². The van der Waals surface area contributed by atoms with Crippen LogP contribution in [0.15, 0.2) is 30.3 Å². The lowest BCUT2D eigenvalue weighted by atomic mass is 10.0. The van der Waals surface area contributed by atoms with Crippen LogP contribution >= 0.6 is 8.60 Å². The molecule has 0 aromatic heterocycles. The van der Waals surface area contributed by atoms with Gasteiger partial charge in [-0.15, -0.1) is 0 Å². The summed E-state index contributed by atoms with van der Waals surface area (Å²) in [7, 11) is -1.80. The molecule has 0 spiro atoms. The summed E-state index contributed by atoms with van der Waals surface area (Å²) in [4.78, 5) is 9.71. The molecule has 0 heterocycles. The maximum absolute atomic E-state index is 9.71. The van der Waals surface area contributed by atoms with E-state index in [1.807, 2.05) is 30.3 Å². The summed E-state index contributed by atoms with van der Waals surface area (Å²) in [6, 6.07) is 9.32. The molecule has 144 valence electrons. The Morgan fingerprint density at radius 3 is 1.72 bits per heavy atom. The van der Waals surface area contributed by atoms with Gasteiger partial charge >= 0.3 is 8.60 Å². The minimum absolute atomic E-state index is 0.576. The first-order valence-electron chi connectivity index (χ1n) is 10.2. The van der Waals surface area contributed by atoms with E-state index >= 15 is 0 Å². The Bertz CT molecular complexity index is 386. The largest absolute Gasteiger partial charge is 0.427 e. The molecular formula is C21H37O3P. The van der Waals surface area contributed by atoms with E-state index in [4.69, 9.17) is 9.05 Å². The Morgan fingerprint density at radius 2 is 1.20 bits per heavy atom. The number of hydrogen-bond acceptors (Lipinski definition) is 3. The van der Waals surface area contributed by atoms with Gasteiger partial charge in [-0.25, -0.2) is 0 Å². The lowest BCUT2D eigenvalue weighted by molar-refractivity contribution is 0.253. The van der Waals surface area contributed by atoms with Gasteiger partial charge in [0.25, 0.3) is 0 Å². The Labute approximate surface area is 156 Å². The minimum atomic E-state index is -1.80. The average molecular weight is 368 g/mol. The SMILES string of the molecule is CCCCCCCCCCCCCCCOP(O)Oc1ccccc1. The quantitative estimate of drug-likeness (QED) is 0.230. The molecule has 0 bridgehead atoms. The highest BCUT2D eigenvalue weighted by Gasteiger charge is 2.07. The van der Waals surface area contributed by atoms with Gasteiger partial charge in [-0.05, 0) is 18.6 Å². The van der Waals surface area contributed by atoms with E-state index in [1.165, 1.54) is 77.0 Å². The van der Waals surface area contributed by atoms with Crippen LogP contribution in [0.25, 0.3) is 0 Å². The van der Waals surface area contributed by atoms with Crippen LogP contribution in [0.4, 0.5) is 0 Å². The second-order valence-corrected chi connectivity index (χ2v) is 7.63. The van der Waals surface area contributed by atoms with Gasteiger partial charge in [-0.3, -0.25) is 0 Å². The standard InChI is InChI=1S/C21H37O3P/c1-2-3-4-5-6-7-8-9-10-11-12-13-17-20-23-25(22)24-21-18-15-14-16-19-21/h14-16,18-19,22H,2-13,17,20H2,1H3. The van der Waals surface area contributed by atoms with Gasteiger partial charge in [0.2, 0.25) is 0 Å². The van der Waals surface area contributed by atoms with Gasteiger partial charge < -0.3 is 13.9 Å². The van der Waals surface area contributed by atoms with Gasteiger partial charge in [0, 0.05) is 0 Å². The van der Waals surface area contributed by atoms with E-state index in [9.17, 15) is 4.89 Å². The fourth-order valence-corrected chi connectivity index (χ4v) is 3.50. The van der Waals surface area contributed by atoms with Gasteiger partial charge in [-0.2, -0.15) is 0 Å². The zero-order chi connectivity index (χ0) is 18.0. The van der Waals surface area contributed by atoms with Crippen molar-refractivity contribution in [3.63, 3.8) is 0 Å². The van der Waals surface area contributed by atoms with Crippen LogP contribution in [0.2, 0.25) is 0 Å². The topological polar surface area (TPSA) is 38.7 Å². The van der Waals surface area contributed by atoms with Crippen molar-refractivity contribution in [2.45, 2.75) is 90.4 Å². The Hall–Kier alpha value is -0.630. The molecule has 0 saturated heterocycles. The summed E-state index contributed by atoms with van der Waals surface area (Å²) in [5.41, 5.74) is 0. The van der Waals surface area contributed by atoms with Crippen molar-refractivity contribution >= 4 is 8.60 Å². The Balaban J connectivity index is 1.78. The highest BCUT2D eigenvalue weighted by molar-refractivity contribution is 7.41. The third-order valence-electron chi connectivity index (χ3n) is 4.38. The van der Waals surface area contributed by atoms with Crippen LogP contribution in [0.3, 0.4) is 0 Å². The van der Waals surface area contributed by atoms with E-state index in [-0.39, 0.29) is 0 Å². The van der Waals surface area contributed by atoms with Crippen LogP contribution in [-0.2, 0) is 4.52 Å². The molecule has 1 aromatic carbocycles. The maximum atomic E-state index is 9.71. The van der Waals surface area contributed by atoms with E-state index < -0.39 is 8.60 Å². The molecule has 4 heteroatoms. The maximum Gasteiger partial charge on any atom is 0.394 e. The van der Waals surface area contributed by atoms with E-state index in [2.05, 4.69) is 6.92 Å². The third kappa shape index (κ3) is 14.2. The fourth-order valence-electron chi connectivity index (χ4n) is 2.86. The molecule has 0 aliphatic heterocycles. The lowest BCUT2D eigenvalue weighted by Crippen LogP contribution is -1.95. The molecule has 1 N–H and O–H groups in total.